The maximum absolute atomic E-state index is 6.21. The predicted octanol–water partition coefficient (Wildman–Crippen LogP) is 3.56. The number of anilines is 1. The Morgan fingerprint density at radius 2 is 1.90 bits per heavy atom. The zero-order chi connectivity index (χ0) is 14.1. The predicted molar refractivity (Wildman–Crippen MR) is 82.1 cm³/mol. The van der Waals surface area contributed by atoms with Crippen molar-refractivity contribution in [1.29, 1.82) is 0 Å². The molecule has 3 heteroatoms. The van der Waals surface area contributed by atoms with Gasteiger partial charge in [-0.1, -0.05) is 24.3 Å². The monoisotopic (exact) mass is 268 g/mol. The number of benzene rings is 2. The second kappa shape index (κ2) is 5.17. The van der Waals surface area contributed by atoms with Gasteiger partial charge in [0.05, 0.1) is 13.2 Å². The zero-order valence-corrected chi connectivity index (χ0v) is 11.9. The Bertz CT molecular complexity index is 624. The number of methoxy groups -OCH3 is 1. The van der Waals surface area contributed by atoms with Gasteiger partial charge in [-0.3, -0.25) is 0 Å². The van der Waals surface area contributed by atoms with E-state index in [9.17, 15) is 0 Å². The van der Waals surface area contributed by atoms with Gasteiger partial charge in [-0.2, -0.15) is 0 Å². The minimum atomic E-state index is 0.127. The third kappa shape index (κ3) is 2.25. The molecule has 2 unspecified atom stereocenters. The molecule has 0 fully saturated rings. The lowest BCUT2D eigenvalue weighted by Crippen LogP contribution is -2.10. The van der Waals surface area contributed by atoms with Gasteiger partial charge in [0.1, 0.15) is 5.75 Å². The number of hydrogen-bond donors (Lipinski definition) is 2. The Morgan fingerprint density at radius 1 is 1.15 bits per heavy atom. The van der Waals surface area contributed by atoms with Crippen molar-refractivity contribution in [3.05, 3.63) is 59.2 Å². The minimum Gasteiger partial charge on any atom is -0.497 e. The van der Waals surface area contributed by atoms with Gasteiger partial charge in [0.25, 0.3) is 0 Å². The topological polar surface area (TPSA) is 47.3 Å². The molecular formula is C17H20N2O. The fraction of sp³-hybridized carbons (Fsp3) is 0.294. The van der Waals surface area contributed by atoms with Gasteiger partial charge in [0, 0.05) is 11.7 Å². The quantitative estimate of drug-likeness (QED) is 0.894. The summed E-state index contributed by atoms with van der Waals surface area (Å²) in [5.41, 5.74) is 11.1. The molecule has 3 N–H and O–H groups in total. The van der Waals surface area contributed by atoms with E-state index in [1.54, 1.807) is 7.11 Å². The van der Waals surface area contributed by atoms with Crippen LogP contribution in [0.15, 0.2) is 42.5 Å². The molecule has 0 spiro atoms. The van der Waals surface area contributed by atoms with Gasteiger partial charge in [0.2, 0.25) is 0 Å². The van der Waals surface area contributed by atoms with E-state index in [4.69, 9.17) is 10.5 Å². The molecule has 1 aliphatic carbocycles. The maximum atomic E-state index is 6.21. The number of aryl methyl sites for hydroxylation is 1. The molecule has 2 aromatic rings. The third-order valence-electron chi connectivity index (χ3n) is 4.02. The summed E-state index contributed by atoms with van der Waals surface area (Å²) in [6.45, 7) is 2.09. The summed E-state index contributed by atoms with van der Waals surface area (Å²) in [6.07, 6.45) is 0.935. The van der Waals surface area contributed by atoms with E-state index in [1.165, 1.54) is 16.7 Å². The molecule has 0 saturated carbocycles. The van der Waals surface area contributed by atoms with E-state index in [0.717, 1.165) is 17.9 Å². The first-order valence-corrected chi connectivity index (χ1v) is 6.94. The van der Waals surface area contributed by atoms with Crippen LogP contribution in [0.2, 0.25) is 0 Å². The Hall–Kier alpha value is -2.00. The molecule has 0 bridgehead atoms. The lowest BCUT2D eigenvalue weighted by molar-refractivity contribution is 0.414. The summed E-state index contributed by atoms with van der Waals surface area (Å²) < 4.78 is 5.25. The van der Waals surface area contributed by atoms with Crippen LogP contribution >= 0.6 is 0 Å². The fourth-order valence-electron chi connectivity index (χ4n) is 2.92. The van der Waals surface area contributed by atoms with Crippen LogP contribution in [0.5, 0.6) is 5.75 Å². The highest BCUT2D eigenvalue weighted by molar-refractivity contribution is 5.56. The number of fused-ring (bicyclic) bond motifs is 1. The average Bonchev–Trinajstić information content (AvgIpc) is 2.78. The van der Waals surface area contributed by atoms with Crippen molar-refractivity contribution in [1.82, 2.24) is 0 Å². The van der Waals surface area contributed by atoms with E-state index < -0.39 is 0 Å². The normalized spacial score (nSPS) is 20.6. The van der Waals surface area contributed by atoms with Crippen molar-refractivity contribution in [2.75, 3.05) is 12.4 Å². The molecule has 0 amide bonds. The molecule has 2 atom stereocenters. The van der Waals surface area contributed by atoms with Crippen molar-refractivity contribution in [3.8, 4) is 5.75 Å². The summed E-state index contributed by atoms with van der Waals surface area (Å²) >= 11 is 0. The fourth-order valence-corrected chi connectivity index (χ4v) is 2.92. The highest BCUT2D eigenvalue weighted by Gasteiger charge is 2.28. The molecule has 20 heavy (non-hydrogen) atoms. The molecule has 1 aliphatic rings. The van der Waals surface area contributed by atoms with Gasteiger partial charge in [-0.25, -0.2) is 0 Å². The standard InChI is InChI=1S/C17H20N2O/c1-11-9-12(20-2)7-8-16(11)19-17-10-15(18)13-5-3-4-6-14(13)17/h3-9,15,17,19H,10,18H2,1-2H3. The summed E-state index contributed by atoms with van der Waals surface area (Å²) in [5, 5.41) is 3.61. The van der Waals surface area contributed by atoms with Crippen molar-refractivity contribution < 1.29 is 4.74 Å². The van der Waals surface area contributed by atoms with E-state index in [-0.39, 0.29) is 12.1 Å². The van der Waals surface area contributed by atoms with E-state index in [1.807, 2.05) is 12.1 Å². The first kappa shape index (κ1) is 13.0. The number of ether oxygens (including phenoxy) is 1. The molecule has 2 aromatic carbocycles. The Morgan fingerprint density at radius 3 is 2.60 bits per heavy atom. The van der Waals surface area contributed by atoms with E-state index in [0.29, 0.717) is 0 Å². The Kier molecular flexibility index (Phi) is 3.36. The lowest BCUT2D eigenvalue weighted by atomic mass is 10.1. The van der Waals surface area contributed by atoms with Crippen LogP contribution in [0.3, 0.4) is 0 Å². The third-order valence-corrected chi connectivity index (χ3v) is 4.02. The largest absolute Gasteiger partial charge is 0.497 e. The second-order valence-electron chi connectivity index (χ2n) is 5.35. The first-order valence-electron chi connectivity index (χ1n) is 6.94. The smallest absolute Gasteiger partial charge is 0.119 e. The highest BCUT2D eigenvalue weighted by atomic mass is 16.5. The zero-order valence-electron chi connectivity index (χ0n) is 11.9. The van der Waals surface area contributed by atoms with Gasteiger partial charge < -0.3 is 15.8 Å². The van der Waals surface area contributed by atoms with E-state index in [2.05, 4.69) is 42.6 Å². The molecule has 104 valence electrons. The van der Waals surface area contributed by atoms with Gasteiger partial charge >= 0.3 is 0 Å². The average molecular weight is 268 g/mol. The van der Waals surface area contributed by atoms with Crippen LogP contribution in [0.25, 0.3) is 0 Å². The van der Waals surface area contributed by atoms with Crippen LogP contribution in [-0.4, -0.2) is 7.11 Å². The Labute approximate surface area is 119 Å². The highest BCUT2D eigenvalue weighted by Crippen LogP contribution is 2.39. The summed E-state index contributed by atoms with van der Waals surface area (Å²) in [7, 11) is 1.69. The maximum Gasteiger partial charge on any atom is 0.119 e. The van der Waals surface area contributed by atoms with Crippen molar-refractivity contribution >= 4 is 5.69 Å². The van der Waals surface area contributed by atoms with Gasteiger partial charge in [-0.15, -0.1) is 0 Å². The number of nitrogens with one attached hydrogen (secondary N) is 1. The van der Waals surface area contributed by atoms with Gasteiger partial charge in [0.15, 0.2) is 0 Å². The molecule has 0 radical (unpaired) electrons. The second-order valence-corrected chi connectivity index (χ2v) is 5.35. The van der Waals surface area contributed by atoms with Crippen LogP contribution in [0, 0.1) is 6.92 Å². The molecule has 3 rings (SSSR count). The van der Waals surface area contributed by atoms with Crippen LogP contribution < -0.4 is 15.8 Å². The van der Waals surface area contributed by atoms with Gasteiger partial charge in [-0.05, 0) is 48.2 Å². The van der Waals surface area contributed by atoms with Crippen LogP contribution in [0.1, 0.15) is 35.2 Å². The Balaban J connectivity index is 1.86. The molecule has 0 aromatic heterocycles. The first-order chi connectivity index (χ1) is 9.69. The summed E-state index contributed by atoms with van der Waals surface area (Å²) in [4.78, 5) is 0. The van der Waals surface area contributed by atoms with Crippen LogP contribution in [0.4, 0.5) is 5.69 Å². The number of rotatable bonds is 3. The van der Waals surface area contributed by atoms with Crippen molar-refractivity contribution in [2.24, 2.45) is 5.73 Å². The lowest BCUT2D eigenvalue weighted by Gasteiger charge is -2.18. The van der Waals surface area contributed by atoms with Crippen LogP contribution in [-0.2, 0) is 0 Å². The van der Waals surface area contributed by atoms with Crippen molar-refractivity contribution in [3.63, 3.8) is 0 Å². The summed E-state index contributed by atoms with van der Waals surface area (Å²) in [5.74, 6) is 0.886. The number of hydrogen-bond acceptors (Lipinski definition) is 3. The summed E-state index contributed by atoms with van der Waals surface area (Å²) in [6, 6.07) is 14.9. The molecule has 0 saturated heterocycles. The molecular weight excluding hydrogens is 248 g/mol. The SMILES string of the molecule is COc1ccc(NC2CC(N)c3ccccc32)c(C)c1. The molecule has 0 heterocycles. The number of nitrogens with two attached hydrogens (primary N) is 1. The van der Waals surface area contributed by atoms with E-state index >= 15 is 0 Å². The molecule has 3 nitrogen and oxygen atoms in total. The minimum absolute atomic E-state index is 0.127. The molecule has 0 aliphatic heterocycles. The van der Waals surface area contributed by atoms with Crippen molar-refractivity contribution in [2.45, 2.75) is 25.4 Å².